The Morgan fingerprint density at radius 1 is 1.14 bits per heavy atom. The molecule has 8 nitrogen and oxygen atoms in total. The third-order valence-electron chi connectivity index (χ3n) is 3.07. The van der Waals surface area contributed by atoms with Crippen LogP contribution in [0.4, 0.5) is 11.4 Å². The normalized spacial score (nSPS) is 11.3. The lowest BCUT2D eigenvalue weighted by atomic mass is 10.2. The number of rotatable bonds is 3. The van der Waals surface area contributed by atoms with Gasteiger partial charge in [0.2, 0.25) is 0 Å². The maximum absolute atomic E-state index is 11.2. The lowest BCUT2D eigenvalue weighted by Crippen LogP contribution is -1.99. The van der Waals surface area contributed by atoms with Gasteiger partial charge in [0.15, 0.2) is 0 Å². The monoisotopic (exact) mass is 298 g/mol. The minimum absolute atomic E-state index is 0.106. The molecule has 0 saturated heterocycles. The number of nitrogens with one attached hydrogen (secondary N) is 2. The van der Waals surface area contributed by atoms with Crippen LogP contribution in [0, 0.1) is 10.1 Å². The van der Waals surface area contributed by atoms with Crippen molar-refractivity contribution in [2.24, 2.45) is 4.99 Å². The molecule has 8 heteroatoms. The highest BCUT2D eigenvalue weighted by molar-refractivity contribution is 5.87. The van der Waals surface area contributed by atoms with Gasteiger partial charge in [-0.2, -0.15) is 0 Å². The summed E-state index contributed by atoms with van der Waals surface area (Å²) in [5, 5.41) is 20.4. The first-order valence-electron chi connectivity index (χ1n) is 6.26. The molecule has 2 aromatic carbocycles. The molecule has 0 fully saturated rings. The molecule has 0 aliphatic rings. The Kier molecular flexibility index (Phi) is 3.18. The molecule has 22 heavy (non-hydrogen) atoms. The number of fused-ring (bicyclic) bond motifs is 1. The van der Waals surface area contributed by atoms with E-state index in [0.29, 0.717) is 16.7 Å². The van der Waals surface area contributed by atoms with E-state index in [0.717, 1.165) is 0 Å². The molecule has 0 atom stereocenters. The number of nitro benzene ring substituents is 1. The van der Waals surface area contributed by atoms with Crippen molar-refractivity contribution in [1.29, 1.82) is 0 Å². The Bertz CT molecular complexity index is 955. The molecule has 3 N–H and O–H groups in total. The Hall–Kier alpha value is -3.42. The van der Waals surface area contributed by atoms with E-state index in [1.807, 2.05) is 0 Å². The maximum atomic E-state index is 11.2. The fourth-order valence-corrected chi connectivity index (χ4v) is 2.00. The van der Waals surface area contributed by atoms with Crippen LogP contribution < -0.4 is 5.69 Å². The molecule has 0 unspecified atom stereocenters. The number of aromatic amines is 2. The van der Waals surface area contributed by atoms with Crippen molar-refractivity contribution >= 4 is 28.6 Å². The quantitative estimate of drug-likeness (QED) is 0.389. The second kappa shape index (κ2) is 5.17. The molecule has 1 heterocycles. The van der Waals surface area contributed by atoms with Crippen LogP contribution in [0.5, 0.6) is 5.75 Å². The van der Waals surface area contributed by atoms with Gasteiger partial charge in [0, 0.05) is 23.9 Å². The summed E-state index contributed by atoms with van der Waals surface area (Å²) in [6, 6.07) is 8.70. The molecule has 0 amide bonds. The Morgan fingerprint density at radius 2 is 1.91 bits per heavy atom. The minimum Gasteiger partial charge on any atom is -0.507 e. The van der Waals surface area contributed by atoms with Crippen LogP contribution in [-0.4, -0.2) is 26.2 Å². The number of phenols is 1. The van der Waals surface area contributed by atoms with Crippen molar-refractivity contribution in [2.45, 2.75) is 0 Å². The van der Waals surface area contributed by atoms with Gasteiger partial charge >= 0.3 is 5.69 Å². The molecular weight excluding hydrogens is 288 g/mol. The first-order valence-corrected chi connectivity index (χ1v) is 6.26. The fourth-order valence-electron chi connectivity index (χ4n) is 2.00. The van der Waals surface area contributed by atoms with E-state index in [1.54, 1.807) is 18.2 Å². The van der Waals surface area contributed by atoms with Gasteiger partial charge in [0.25, 0.3) is 5.69 Å². The average molecular weight is 298 g/mol. The number of H-pyrrole nitrogens is 2. The number of aromatic nitrogens is 2. The number of aliphatic imine (C=N–C) groups is 1. The summed E-state index contributed by atoms with van der Waals surface area (Å²) in [6.07, 6.45) is 1.33. The second-order valence-corrected chi connectivity index (χ2v) is 4.57. The van der Waals surface area contributed by atoms with Gasteiger partial charge in [0.1, 0.15) is 5.75 Å². The highest BCUT2D eigenvalue weighted by atomic mass is 16.6. The zero-order valence-electron chi connectivity index (χ0n) is 11.1. The number of phenolic OH excluding ortho intramolecular Hbond substituents is 1. The summed E-state index contributed by atoms with van der Waals surface area (Å²) < 4.78 is 0. The minimum atomic E-state index is -0.548. The third kappa shape index (κ3) is 2.57. The lowest BCUT2D eigenvalue weighted by molar-refractivity contribution is -0.384. The topological polar surface area (TPSA) is 124 Å². The molecule has 110 valence electrons. The largest absolute Gasteiger partial charge is 0.507 e. The number of benzene rings is 2. The number of aromatic hydroxyl groups is 1. The molecule has 0 saturated carbocycles. The first kappa shape index (κ1) is 13.6. The molecule has 0 aliphatic carbocycles. The van der Waals surface area contributed by atoms with Gasteiger partial charge in [-0.25, -0.2) is 4.79 Å². The Labute approximate surface area is 122 Å². The summed E-state index contributed by atoms with van der Waals surface area (Å²) in [4.78, 5) is 30.7. The third-order valence-corrected chi connectivity index (χ3v) is 3.07. The number of hydrogen-bond acceptors (Lipinski definition) is 5. The van der Waals surface area contributed by atoms with Crippen LogP contribution in [0.2, 0.25) is 0 Å². The SMILES string of the molecule is O=c1[nH]c2ccc(N=Cc3cc([N+](=O)[O-])ccc3O)cc2[nH]1. The van der Waals surface area contributed by atoms with Crippen LogP contribution in [0.15, 0.2) is 46.2 Å². The number of non-ortho nitro benzene ring substituents is 1. The van der Waals surface area contributed by atoms with Gasteiger partial charge in [0.05, 0.1) is 21.6 Å². The highest BCUT2D eigenvalue weighted by Crippen LogP contribution is 2.23. The van der Waals surface area contributed by atoms with E-state index in [4.69, 9.17) is 0 Å². The summed E-state index contributed by atoms with van der Waals surface area (Å²) in [7, 11) is 0. The lowest BCUT2D eigenvalue weighted by Gasteiger charge is -1.99. The van der Waals surface area contributed by atoms with Crippen molar-refractivity contribution in [3.05, 3.63) is 62.6 Å². The number of nitro groups is 1. The van der Waals surface area contributed by atoms with Gasteiger partial charge in [-0.15, -0.1) is 0 Å². The summed E-state index contributed by atoms with van der Waals surface area (Å²) in [5.74, 6) is -0.106. The molecule has 0 spiro atoms. The van der Waals surface area contributed by atoms with Gasteiger partial charge in [-0.3, -0.25) is 15.1 Å². The van der Waals surface area contributed by atoms with E-state index >= 15 is 0 Å². The standard InChI is InChI=1S/C14H10N4O4/c19-13-4-2-10(18(21)22)5-8(13)7-15-9-1-3-11-12(6-9)17-14(20)16-11/h1-7,19H,(H2,16,17,20). The van der Waals surface area contributed by atoms with Crippen LogP contribution in [-0.2, 0) is 0 Å². The maximum Gasteiger partial charge on any atom is 0.323 e. The first-order chi connectivity index (χ1) is 10.5. The van der Waals surface area contributed by atoms with E-state index in [1.165, 1.54) is 24.4 Å². The zero-order valence-corrected chi connectivity index (χ0v) is 11.1. The summed E-state index contributed by atoms with van der Waals surface area (Å²) in [6.45, 7) is 0. The molecule has 0 bridgehead atoms. The van der Waals surface area contributed by atoms with Crippen molar-refractivity contribution in [3.63, 3.8) is 0 Å². The average Bonchev–Trinajstić information content (AvgIpc) is 2.85. The number of imidazole rings is 1. The van der Waals surface area contributed by atoms with Crippen molar-refractivity contribution in [3.8, 4) is 5.75 Å². The van der Waals surface area contributed by atoms with Crippen LogP contribution in [0.3, 0.4) is 0 Å². The summed E-state index contributed by atoms with van der Waals surface area (Å²) >= 11 is 0. The summed E-state index contributed by atoms with van der Waals surface area (Å²) in [5.41, 5.74) is 1.58. The van der Waals surface area contributed by atoms with Crippen molar-refractivity contribution in [2.75, 3.05) is 0 Å². The van der Waals surface area contributed by atoms with Crippen LogP contribution in [0.25, 0.3) is 11.0 Å². The highest BCUT2D eigenvalue weighted by Gasteiger charge is 2.08. The number of hydrogen-bond donors (Lipinski definition) is 3. The smallest absolute Gasteiger partial charge is 0.323 e. The predicted octanol–water partition coefficient (Wildman–Crippen LogP) is 2.22. The second-order valence-electron chi connectivity index (χ2n) is 4.57. The molecule has 0 radical (unpaired) electrons. The van der Waals surface area contributed by atoms with Gasteiger partial charge in [-0.1, -0.05) is 0 Å². The zero-order chi connectivity index (χ0) is 15.7. The Balaban J connectivity index is 1.96. The van der Waals surface area contributed by atoms with Crippen molar-refractivity contribution in [1.82, 2.24) is 9.97 Å². The van der Waals surface area contributed by atoms with E-state index in [-0.39, 0.29) is 22.7 Å². The van der Waals surface area contributed by atoms with Crippen LogP contribution in [0.1, 0.15) is 5.56 Å². The number of nitrogens with zero attached hydrogens (tertiary/aromatic N) is 2. The molecular formula is C14H10N4O4. The molecule has 0 aliphatic heterocycles. The van der Waals surface area contributed by atoms with Crippen LogP contribution >= 0.6 is 0 Å². The fraction of sp³-hybridized carbons (Fsp3) is 0. The van der Waals surface area contributed by atoms with Gasteiger partial charge in [-0.05, 0) is 24.3 Å². The van der Waals surface area contributed by atoms with E-state index < -0.39 is 4.92 Å². The van der Waals surface area contributed by atoms with E-state index in [9.17, 15) is 20.0 Å². The molecule has 1 aromatic heterocycles. The Morgan fingerprint density at radius 3 is 2.68 bits per heavy atom. The van der Waals surface area contributed by atoms with E-state index in [2.05, 4.69) is 15.0 Å². The van der Waals surface area contributed by atoms with Crippen molar-refractivity contribution < 1.29 is 10.0 Å². The predicted molar refractivity (Wildman–Crippen MR) is 80.9 cm³/mol. The van der Waals surface area contributed by atoms with Gasteiger partial charge < -0.3 is 15.1 Å². The molecule has 3 rings (SSSR count). The molecule has 3 aromatic rings.